The molecule has 0 bridgehead atoms. The van der Waals surface area contributed by atoms with Gasteiger partial charge in [-0.25, -0.2) is 8.42 Å². The Hall–Kier alpha value is -3.17. The van der Waals surface area contributed by atoms with Gasteiger partial charge in [-0.2, -0.15) is 0 Å². The van der Waals surface area contributed by atoms with Gasteiger partial charge in [-0.3, -0.25) is 9.59 Å². The summed E-state index contributed by atoms with van der Waals surface area (Å²) in [7, 11) is -3.54. The number of rotatable bonds is 10. The first kappa shape index (κ1) is 24.5. The number of hydrogen-bond acceptors (Lipinski definition) is 7. The Labute approximate surface area is 196 Å². The van der Waals surface area contributed by atoms with Crippen molar-refractivity contribution in [3.8, 4) is 11.3 Å². The number of carbonyl (C=O) groups excluding carboxylic acids is 1. The lowest BCUT2D eigenvalue weighted by Crippen LogP contribution is -2.13. The first-order valence-electron chi connectivity index (χ1n) is 10.0. The lowest BCUT2D eigenvalue weighted by Gasteiger charge is -2.14. The SMILES string of the molecule is C[C@@H](OC(=O)Cc1conc1-c1ccc(CS(=O)(=O)CCC(=O)O)cc1)c1ccccc1Cl. The van der Waals surface area contributed by atoms with Gasteiger partial charge in [-0.15, -0.1) is 0 Å². The van der Waals surface area contributed by atoms with Gasteiger partial charge in [0.25, 0.3) is 0 Å². The first-order valence-corrected chi connectivity index (χ1v) is 12.2. The number of halogens is 1. The summed E-state index contributed by atoms with van der Waals surface area (Å²) in [6.07, 6.45) is 0.324. The molecule has 8 nitrogen and oxygen atoms in total. The van der Waals surface area contributed by atoms with Crippen LogP contribution >= 0.6 is 11.6 Å². The highest BCUT2D eigenvalue weighted by Gasteiger charge is 2.19. The fourth-order valence-corrected chi connectivity index (χ4v) is 4.83. The molecule has 174 valence electrons. The largest absolute Gasteiger partial charge is 0.481 e. The molecule has 10 heteroatoms. The van der Waals surface area contributed by atoms with Crippen molar-refractivity contribution in [2.45, 2.75) is 31.6 Å². The van der Waals surface area contributed by atoms with E-state index in [4.69, 9.17) is 26.0 Å². The Kier molecular flexibility index (Phi) is 7.88. The number of nitrogens with zero attached hydrogens (tertiary/aromatic N) is 1. The number of benzene rings is 2. The van der Waals surface area contributed by atoms with Gasteiger partial charge in [0, 0.05) is 21.7 Å². The van der Waals surface area contributed by atoms with Crippen molar-refractivity contribution in [1.29, 1.82) is 0 Å². The Morgan fingerprint density at radius 2 is 1.85 bits per heavy atom. The summed E-state index contributed by atoms with van der Waals surface area (Å²) in [5.74, 6) is -2.33. The van der Waals surface area contributed by atoms with Crippen LogP contribution in [0, 0.1) is 0 Å². The third-order valence-electron chi connectivity index (χ3n) is 4.87. The zero-order valence-corrected chi connectivity index (χ0v) is 19.3. The molecule has 1 N–H and O–H groups in total. The predicted molar refractivity (Wildman–Crippen MR) is 121 cm³/mol. The minimum Gasteiger partial charge on any atom is -0.481 e. The summed E-state index contributed by atoms with van der Waals surface area (Å²) in [5, 5.41) is 13.1. The highest BCUT2D eigenvalue weighted by Crippen LogP contribution is 2.27. The van der Waals surface area contributed by atoms with Gasteiger partial charge < -0.3 is 14.4 Å². The monoisotopic (exact) mass is 491 g/mol. The second-order valence-corrected chi connectivity index (χ2v) is 10.0. The van der Waals surface area contributed by atoms with Crippen molar-refractivity contribution in [3.63, 3.8) is 0 Å². The molecule has 0 aliphatic rings. The van der Waals surface area contributed by atoms with Crippen LogP contribution in [0.25, 0.3) is 11.3 Å². The van der Waals surface area contributed by atoms with Crippen LogP contribution in [0.15, 0.2) is 59.3 Å². The van der Waals surface area contributed by atoms with Crippen LogP contribution in [0.5, 0.6) is 0 Å². The second kappa shape index (κ2) is 10.6. The zero-order valence-electron chi connectivity index (χ0n) is 17.7. The number of hydrogen-bond donors (Lipinski definition) is 1. The van der Waals surface area contributed by atoms with E-state index in [1.54, 1.807) is 49.4 Å². The number of esters is 1. The lowest BCUT2D eigenvalue weighted by molar-refractivity contribution is -0.147. The molecule has 0 amide bonds. The summed E-state index contributed by atoms with van der Waals surface area (Å²) >= 11 is 6.15. The van der Waals surface area contributed by atoms with Gasteiger partial charge in [0.15, 0.2) is 9.84 Å². The van der Waals surface area contributed by atoms with Crippen molar-refractivity contribution in [3.05, 3.63) is 76.5 Å². The van der Waals surface area contributed by atoms with Crippen molar-refractivity contribution in [1.82, 2.24) is 5.16 Å². The van der Waals surface area contributed by atoms with Gasteiger partial charge in [0.05, 0.1) is 24.3 Å². The average Bonchev–Trinajstić information content (AvgIpc) is 3.20. The molecule has 3 rings (SSSR count). The van der Waals surface area contributed by atoms with Gasteiger partial charge >= 0.3 is 11.9 Å². The summed E-state index contributed by atoms with van der Waals surface area (Å²) in [6, 6.07) is 13.7. The number of carbonyl (C=O) groups is 2. The zero-order chi connectivity index (χ0) is 24.0. The van der Waals surface area contributed by atoms with Crippen molar-refractivity contribution in [2.24, 2.45) is 0 Å². The van der Waals surface area contributed by atoms with Gasteiger partial charge in [0.1, 0.15) is 18.1 Å². The molecule has 1 heterocycles. The minimum atomic E-state index is -3.54. The van der Waals surface area contributed by atoms with E-state index in [-0.39, 0.29) is 12.2 Å². The lowest BCUT2D eigenvalue weighted by atomic mass is 10.0. The molecule has 2 aromatic carbocycles. The van der Waals surface area contributed by atoms with E-state index in [2.05, 4.69) is 5.16 Å². The quantitative estimate of drug-likeness (QED) is 0.418. The smallest absolute Gasteiger partial charge is 0.311 e. The molecule has 33 heavy (non-hydrogen) atoms. The summed E-state index contributed by atoms with van der Waals surface area (Å²) in [5.41, 5.74) is 2.82. The van der Waals surface area contributed by atoms with Crippen molar-refractivity contribution < 1.29 is 32.4 Å². The molecule has 1 atom stereocenters. The second-order valence-electron chi connectivity index (χ2n) is 7.45. The molecule has 1 aromatic heterocycles. The van der Waals surface area contributed by atoms with E-state index in [0.717, 1.165) is 0 Å². The van der Waals surface area contributed by atoms with E-state index in [9.17, 15) is 18.0 Å². The molecule has 0 aliphatic carbocycles. The van der Waals surface area contributed by atoms with Crippen LogP contribution in [-0.4, -0.2) is 36.4 Å². The first-order chi connectivity index (χ1) is 15.6. The van der Waals surface area contributed by atoms with Gasteiger partial charge in [0.2, 0.25) is 0 Å². The highest BCUT2D eigenvalue weighted by atomic mass is 35.5. The minimum absolute atomic E-state index is 0.0705. The summed E-state index contributed by atoms with van der Waals surface area (Å²) < 4.78 is 34.6. The van der Waals surface area contributed by atoms with Crippen LogP contribution in [0.4, 0.5) is 0 Å². The van der Waals surface area contributed by atoms with Crippen LogP contribution in [-0.2, 0) is 36.3 Å². The van der Waals surface area contributed by atoms with Crippen molar-refractivity contribution in [2.75, 3.05) is 5.75 Å². The van der Waals surface area contributed by atoms with E-state index >= 15 is 0 Å². The Morgan fingerprint density at radius 1 is 1.15 bits per heavy atom. The molecule has 0 saturated carbocycles. The van der Waals surface area contributed by atoms with E-state index in [1.807, 2.05) is 6.07 Å². The molecule has 0 fully saturated rings. The third kappa shape index (κ3) is 6.90. The number of ether oxygens (including phenoxy) is 1. The molecule has 0 unspecified atom stereocenters. The molecule has 0 saturated heterocycles. The van der Waals surface area contributed by atoms with Crippen LogP contribution in [0.3, 0.4) is 0 Å². The maximum absolute atomic E-state index is 12.5. The van der Waals surface area contributed by atoms with Crippen LogP contribution < -0.4 is 0 Å². The maximum atomic E-state index is 12.5. The highest BCUT2D eigenvalue weighted by molar-refractivity contribution is 7.90. The van der Waals surface area contributed by atoms with E-state index in [0.29, 0.717) is 33.0 Å². The molecular weight excluding hydrogens is 470 g/mol. The van der Waals surface area contributed by atoms with Crippen molar-refractivity contribution >= 4 is 33.4 Å². The number of carboxylic acids is 1. The molecular formula is C23H22ClNO7S. The molecule has 3 aromatic rings. The number of carboxylic acid groups (broad SMARTS) is 1. The molecule has 0 radical (unpaired) electrons. The Balaban J connectivity index is 1.65. The van der Waals surface area contributed by atoms with Gasteiger partial charge in [-0.05, 0) is 18.6 Å². The van der Waals surface area contributed by atoms with E-state index < -0.39 is 40.1 Å². The summed E-state index contributed by atoms with van der Waals surface area (Å²) in [4.78, 5) is 23.1. The third-order valence-corrected chi connectivity index (χ3v) is 6.81. The van der Waals surface area contributed by atoms with E-state index in [1.165, 1.54) is 6.26 Å². The fraction of sp³-hybridized carbons (Fsp3) is 0.261. The Bertz CT molecular complexity index is 1240. The van der Waals surface area contributed by atoms with Gasteiger partial charge in [-0.1, -0.05) is 59.2 Å². The molecule has 0 spiro atoms. The van der Waals surface area contributed by atoms with Crippen LogP contribution in [0.1, 0.15) is 36.1 Å². The number of aromatic nitrogens is 1. The number of aliphatic carboxylic acids is 1. The average molecular weight is 492 g/mol. The topological polar surface area (TPSA) is 124 Å². The Morgan fingerprint density at radius 3 is 2.52 bits per heavy atom. The molecule has 0 aliphatic heterocycles. The normalized spacial score (nSPS) is 12.3. The standard InChI is InChI=1S/C23H22ClNO7S/c1-15(19-4-2-3-5-20(19)24)32-22(28)12-18-13-31-25-23(18)17-8-6-16(7-9-17)14-33(29,30)11-10-21(26)27/h2-9,13,15H,10-12,14H2,1H3,(H,26,27)/t15-/m1/s1. The fourth-order valence-electron chi connectivity index (χ4n) is 3.21. The predicted octanol–water partition coefficient (Wildman–Crippen LogP) is 4.23. The summed E-state index contributed by atoms with van der Waals surface area (Å²) in [6.45, 7) is 1.73. The maximum Gasteiger partial charge on any atom is 0.311 e. The van der Waals surface area contributed by atoms with Crippen LogP contribution in [0.2, 0.25) is 5.02 Å². The number of sulfone groups is 1.